The smallest absolute Gasteiger partial charge is 0.265 e. The summed E-state index contributed by atoms with van der Waals surface area (Å²) < 4.78 is 10.4. The van der Waals surface area contributed by atoms with Gasteiger partial charge in [0.2, 0.25) is 5.91 Å². The van der Waals surface area contributed by atoms with Crippen molar-refractivity contribution in [3.63, 3.8) is 0 Å². The van der Waals surface area contributed by atoms with Crippen LogP contribution in [0.25, 0.3) is 0 Å². The Labute approximate surface area is 136 Å². The monoisotopic (exact) mass is 320 g/mol. The van der Waals surface area contributed by atoms with Gasteiger partial charge in [-0.05, 0) is 37.5 Å². The summed E-state index contributed by atoms with van der Waals surface area (Å²) in [7, 11) is 1.64. The molecule has 126 valence electrons. The zero-order chi connectivity index (χ0) is 16.7. The predicted octanol–water partition coefficient (Wildman–Crippen LogP) is 1.65. The van der Waals surface area contributed by atoms with Crippen molar-refractivity contribution in [2.75, 3.05) is 38.3 Å². The Morgan fingerprint density at radius 1 is 1.39 bits per heavy atom. The van der Waals surface area contributed by atoms with E-state index >= 15 is 0 Å². The number of carbonyl (C=O) groups is 2. The molecule has 0 bridgehead atoms. The van der Waals surface area contributed by atoms with Crippen LogP contribution < -0.4 is 15.0 Å². The van der Waals surface area contributed by atoms with Crippen molar-refractivity contribution in [2.24, 2.45) is 0 Å². The van der Waals surface area contributed by atoms with Gasteiger partial charge in [0.05, 0.1) is 5.69 Å². The number of ether oxygens (including phenoxy) is 2. The second-order valence-corrected chi connectivity index (χ2v) is 5.61. The molecule has 1 aliphatic heterocycles. The van der Waals surface area contributed by atoms with E-state index in [1.54, 1.807) is 12.0 Å². The topological polar surface area (TPSA) is 67.9 Å². The number of rotatable bonds is 8. The highest BCUT2D eigenvalue weighted by Gasteiger charge is 2.25. The molecule has 0 unspecified atom stereocenters. The molecule has 0 fully saturated rings. The molecule has 1 aromatic carbocycles. The number of aryl methyl sites for hydroxylation is 1. The van der Waals surface area contributed by atoms with Crippen molar-refractivity contribution in [1.82, 2.24) is 5.32 Å². The lowest BCUT2D eigenvalue weighted by Gasteiger charge is -2.29. The molecule has 1 aromatic rings. The third-order valence-electron chi connectivity index (χ3n) is 3.69. The maximum Gasteiger partial charge on any atom is 0.265 e. The highest BCUT2D eigenvalue weighted by molar-refractivity contribution is 5.97. The zero-order valence-electron chi connectivity index (χ0n) is 13.8. The van der Waals surface area contributed by atoms with Crippen LogP contribution in [0.3, 0.4) is 0 Å². The van der Waals surface area contributed by atoms with Gasteiger partial charge in [-0.15, -0.1) is 0 Å². The lowest BCUT2D eigenvalue weighted by molar-refractivity contribution is -0.122. The largest absolute Gasteiger partial charge is 0.482 e. The lowest BCUT2D eigenvalue weighted by atomic mass is 10.1. The molecule has 0 aromatic heterocycles. The summed E-state index contributed by atoms with van der Waals surface area (Å²) >= 11 is 0. The van der Waals surface area contributed by atoms with Gasteiger partial charge in [0.25, 0.3) is 5.91 Å². The quantitative estimate of drug-likeness (QED) is 0.740. The van der Waals surface area contributed by atoms with Crippen molar-refractivity contribution < 1.29 is 19.1 Å². The first-order valence-electron chi connectivity index (χ1n) is 7.91. The van der Waals surface area contributed by atoms with Crippen LogP contribution in [-0.4, -0.2) is 45.2 Å². The molecule has 1 aliphatic rings. The Kier molecular flexibility index (Phi) is 6.40. The fourth-order valence-corrected chi connectivity index (χ4v) is 2.49. The molecular weight excluding hydrogens is 296 g/mol. The van der Waals surface area contributed by atoms with Gasteiger partial charge in [-0.3, -0.25) is 9.59 Å². The fourth-order valence-electron chi connectivity index (χ4n) is 2.49. The molecule has 0 radical (unpaired) electrons. The number of nitrogens with zero attached hydrogens (tertiary/aromatic N) is 1. The number of methoxy groups -OCH3 is 1. The molecule has 1 heterocycles. The third-order valence-corrected chi connectivity index (χ3v) is 3.69. The van der Waals surface area contributed by atoms with Crippen molar-refractivity contribution >= 4 is 17.5 Å². The van der Waals surface area contributed by atoms with Gasteiger partial charge in [0.1, 0.15) is 5.75 Å². The molecule has 6 heteroatoms. The Morgan fingerprint density at radius 3 is 3.00 bits per heavy atom. The van der Waals surface area contributed by atoms with Gasteiger partial charge in [0.15, 0.2) is 6.61 Å². The molecule has 23 heavy (non-hydrogen) atoms. The first kappa shape index (κ1) is 17.3. The number of hydrogen-bond donors (Lipinski definition) is 1. The van der Waals surface area contributed by atoms with E-state index in [9.17, 15) is 9.59 Å². The number of amides is 2. The first-order chi connectivity index (χ1) is 11.1. The summed E-state index contributed by atoms with van der Waals surface area (Å²) in [5, 5.41) is 2.85. The SMILES string of the molecule is COCCCNC(=O)CCCN1C(=O)COc2ccc(C)cc21. The van der Waals surface area contributed by atoms with Crippen molar-refractivity contribution in [1.29, 1.82) is 0 Å². The summed E-state index contributed by atoms with van der Waals surface area (Å²) in [6.07, 6.45) is 1.82. The lowest BCUT2D eigenvalue weighted by Crippen LogP contribution is -2.39. The van der Waals surface area contributed by atoms with Gasteiger partial charge < -0.3 is 19.7 Å². The van der Waals surface area contributed by atoms with E-state index in [4.69, 9.17) is 9.47 Å². The number of hydrogen-bond acceptors (Lipinski definition) is 4. The predicted molar refractivity (Wildman–Crippen MR) is 87.8 cm³/mol. The average Bonchev–Trinajstić information content (AvgIpc) is 2.54. The highest BCUT2D eigenvalue weighted by Crippen LogP contribution is 2.32. The Hall–Kier alpha value is -2.08. The molecule has 0 saturated carbocycles. The van der Waals surface area contributed by atoms with Crippen molar-refractivity contribution in [2.45, 2.75) is 26.2 Å². The van der Waals surface area contributed by atoms with Crippen molar-refractivity contribution in [3.05, 3.63) is 23.8 Å². The van der Waals surface area contributed by atoms with Gasteiger partial charge in [-0.2, -0.15) is 0 Å². The summed E-state index contributed by atoms with van der Waals surface area (Å²) in [5.41, 5.74) is 1.87. The van der Waals surface area contributed by atoms with Gasteiger partial charge in [-0.1, -0.05) is 6.07 Å². The number of nitrogens with one attached hydrogen (secondary N) is 1. The second kappa shape index (κ2) is 8.53. The fraction of sp³-hybridized carbons (Fsp3) is 0.529. The highest BCUT2D eigenvalue weighted by atomic mass is 16.5. The molecule has 0 spiro atoms. The Bertz CT molecular complexity index is 560. The van der Waals surface area contributed by atoms with Crippen LogP contribution in [0.15, 0.2) is 18.2 Å². The minimum absolute atomic E-state index is 0.00581. The molecule has 0 atom stereocenters. The maximum absolute atomic E-state index is 12.1. The molecule has 1 N–H and O–H groups in total. The zero-order valence-corrected chi connectivity index (χ0v) is 13.8. The molecule has 0 saturated heterocycles. The first-order valence-corrected chi connectivity index (χ1v) is 7.91. The van der Waals surface area contributed by atoms with Crippen molar-refractivity contribution in [3.8, 4) is 5.75 Å². The molecular formula is C17H24N2O4. The Balaban J connectivity index is 1.82. The van der Waals surface area contributed by atoms with E-state index in [0.29, 0.717) is 32.5 Å². The summed E-state index contributed by atoms with van der Waals surface area (Å²) in [4.78, 5) is 25.5. The van der Waals surface area contributed by atoms with Crippen LogP contribution in [0.4, 0.5) is 5.69 Å². The van der Waals surface area contributed by atoms with Crippen LogP contribution in [0.2, 0.25) is 0 Å². The summed E-state index contributed by atoms with van der Waals surface area (Å²) in [6.45, 7) is 3.80. The minimum atomic E-state index is -0.0661. The second-order valence-electron chi connectivity index (χ2n) is 5.61. The maximum atomic E-state index is 12.1. The van der Waals surface area contributed by atoms with Gasteiger partial charge in [0, 0.05) is 33.2 Å². The van der Waals surface area contributed by atoms with Crippen LogP contribution in [0.1, 0.15) is 24.8 Å². The van der Waals surface area contributed by atoms with Crippen LogP contribution >= 0.6 is 0 Å². The van der Waals surface area contributed by atoms with E-state index < -0.39 is 0 Å². The van der Waals surface area contributed by atoms with E-state index in [2.05, 4.69) is 5.32 Å². The van der Waals surface area contributed by atoms with E-state index in [0.717, 1.165) is 23.4 Å². The molecule has 2 rings (SSSR count). The number of benzene rings is 1. The van der Waals surface area contributed by atoms with E-state index in [1.165, 1.54) is 0 Å². The molecule has 6 nitrogen and oxygen atoms in total. The summed E-state index contributed by atoms with van der Waals surface area (Å²) in [5.74, 6) is 0.661. The minimum Gasteiger partial charge on any atom is -0.482 e. The molecule has 0 aliphatic carbocycles. The van der Waals surface area contributed by atoms with Crippen LogP contribution in [0.5, 0.6) is 5.75 Å². The summed E-state index contributed by atoms with van der Waals surface area (Å²) in [6, 6.07) is 5.78. The van der Waals surface area contributed by atoms with Crippen LogP contribution in [-0.2, 0) is 14.3 Å². The van der Waals surface area contributed by atoms with Crippen LogP contribution in [0, 0.1) is 6.92 Å². The normalized spacial score (nSPS) is 13.5. The van der Waals surface area contributed by atoms with E-state index in [1.807, 2.05) is 25.1 Å². The molecule has 2 amide bonds. The van der Waals surface area contributed by atoms with Gasteiger partial charge >= 0.3 is 0 Å². The number of fused-ring (bicyclic) bond motifs is 1. The standard InChI is InChI=1S/C17H24N2O4/c1-13-6-7-15-14(11-13)19(17(21)12-23-15)9-3-5-16(20)18-8-4-10-22-2/h6-7,11H,3-5,8-10,12H2,1-2H3,(H,18,20). The third kappa shape index (κ3) is 4.96. The van der Waals surface area contributed by atoms with E-state index in [-0.39, 0.29) is 18.4 Å². The number of anilines is 1. The van der Waals surface area contributed by atoms with Gasteiger partial charge in [-0.25, -0.2) is 0 Å². The average molecular weight is 320 g/mol. The Morgan fingerprint density at radius 2 is 2.22 bits per heavy atom. The number of carbonyl (C=O) groups excluding carboxylic acids is 2.